The van der Waals surface area contributed by atoms with Gasteiger partial charge in [-0.05, 0) is 48.7 Å². The van der Waals surface area contributed by atoms with Gasteiger partial charge in [0.15, 0.2) is 0 Å². The summed E-state index contributed by atoms with van der Waals surface area (Å²) in [7, 11) is 0. The normalized spacial score (nSPS) is 12.2. The largest absolute Gasteiger partial charge is 0.494 e. The molecule has 0 radical (unpaired) electrons. The molecule has 0 amide bonds. The van der Waals surface area contributed by atoms with E-state index in [4.69, 9.17) is 10.5 Å². The molecule has 0 saturated heterocycles. The second-order valence-corrected chi connectivity index (χ2v) is 4.52. The number of aliphatic hydroxyl groups excluding tert-OH is 1. The Kier molecular flexibility index (Phi) is 4.07. The van der Waals surface area contributed by atoms with E-state index >= 15 is 0 Å². The molecular weight excluding hydrogens is 238 g/mol. The SMILES string of the molecule is CCOc1ccc(C(O)c2ccc(N)c(C)c2)cc1. The van der Waals surface area contributed by atoms with Gasteiger partial charge in [0.25, 0.3) is 0 Å². The van der Waals surface area contributed by atoms with Crippen LogP contribution in [-0.2, 0) is 0 Å². The number of anilines is 1. The number of hydrogen-bond donors (Lipinski definition) is 2. The number of hydrogen-bond acceptors (Lipinski definition) is 3. The molecule has 2 rings (SSSR count). The van der Waals surface area contributed by atoms with Crippen LogP contribution in [0.3, 0.4) is 0 Å². The number of benzene rings is 2. The quantitative estimate of drug-likeness (QED) is 0.828. The highest BCUT2D eigenvalue weighted by Gasteiger charge is 2.11. The Morgan fingerprint density at radius 2 is 1.74 bits per heavy atom. The predicted octanol–water partition coefficient (Wildman–Crippen LogP) is 3.06. The Balaban J connectivity index is 2.22. The highest BCUT2D eigenvalue weighted by molar-refractivity contribution is 5.49. The van der Waals surface area contributed by atoms with Gasteiger partial charge in [0.05, 0.1) is 6.61 Å². The lowest BCUT2D eigenvalue weighted by Gasteiger charge is -2.13. The van der Waals surface area contributed by atoms with Gasteiger partial charge in [-0.2, -0.15) is 0 Å². The second-order valence-electron chi connectivity index (χ2n) is 4.52. The van der Waals surface area contributed by atoms with E-state index in [2.05, 4.69) is 0 Å². The molecule has 0 bridgehead atoms. The molecule has 3 nitrogen and oxygen atoms in total. The lowest BCUT2D eigenvalue weighted by Crippen LogP contribution is -2.01. The summed E-state index contributed by atoms with van der Waals surface area (Å²) < 4.78 is 5.38. The Morgan fingerprint density at radius 3 is 2.32 bits per heavy atom. The molecular formula is C16H19NO2. The molecule has 0 aliphatic carbocycles. The standard InChI is InChI=1S/C16H19NO2/c1-3-19-14-7-4-12(5-8-14)16(18)13-6-9-15(17)11(2)10-13/h4-10,16,18H,3,17H2,1-2H3. The van der Waals surface area contributed by atoms with Crippen molar-refractivity contribution in [3.8, 4) is 5.75 Å². The van der Waals surface area contributed by atoms with Crippen LogP contribution < -0.4 is 10.5 Å². The van der Waals surface area contributed by atoms with Crippen LogP contribution in [0.5, 0.6) is 5.75 Å². The first-order chi connectivity index (χ1) is 9.11. The minimum Gasteiger partial charge on any atom is -0.494 e. The average Bonchev–Trinajstić information content (AvgIpc) is 2.42. The van der Waals surface area contributed by atoms with Crippen molar-refractivity contribution >= 4 is 5.69 Å². The summed E-state index contributed by atoms with van der Waals surface area (Å²) >= 11 is 0. The predicted molar refractivity (Wildman–Crippen MR) is 77.3 cm³/mol. The highest BCUT2D eigenvalue weighted by atomic mass is 16.5. The van der Waals surface area contributed by atoms with Gasteiger partial charge >= 0.3 is 0 Å². The maximum atomic E-state index is 10.3. The van der Waals surface area contributed by atoms with Gasteiger partial charge in [0.1, 0.15) is 11.9 Å². The van der Waals surface area contributed by atoms with Crippen LogP contribution in [0, 0.1) is 6.92 Å². The fraction of sp³-hybridized carbons (Fsp3) is 0.250. The van der Waals surface area contributed by atoms with Gasteiger partial charge in [-0.15, -0.1) is 0 Å². The first kappa shape index (κ1) is 13.4. The molecule has 2 aromatic rings. The molecule has 3 heteroatoms. The Morgan fingerprint density at radius 1 is 1.11 bits per heavy atom. The lowest BCUT2D eigenvalue weighted by atomic mass is 9.99. The van der Waals surface area contributed by atoms with Gasteiger partial charge in [-0.25, -0.2) is 0 Å². The van der Waals surface area contributed by atoms with Crippen molar-refractivity contribution < 1.29 is 9.84 Å². The maximum absolute atomic E-state index is 10.3. The van der Waals surface area contributed by atoms with Crippen molar-refractivity contribution in [3.63, 3.8) is 0 Å². The summed E-state index contributed by atoms with van der Waals surface area (Å²) in [5, 5.41) is 10.3. The topological polar surface area (TPSA) is 55.5 Å². The fourth-order valence-electron chi connectivity index (χ4n) is 1.97. The number of nitrogen functional groups attached to an aromatic ring is 1. The molecule has 0 spiro atoms. The van der Waals surface area contributed by atoms with E-state index < -0.39 is 6.10 Å². The van der Waals surface area contributed by atoms with E-state index in [1.807, 2.05) is 56.3 Å². The Hall–Kier alpha value is -2.00. The molecule has 0 fully saturated rings. The van der Waals surface area contributed by atoms with Crippen LogP contribution in [0.4, 0.5) is 5.69 Å². The van der Waals surface area contributed by atoms with Gasteiger partial charge in [-0.3, -0.25) is 0 Å². The summed E-state index contributed by atoms with van der Waals surface area (Å²) in [5.74, 6) is 0.812. The van der Waals surface area contributed by atoms with Gasteiger partial charge < -0.3 is 15.6 Å². The summed E-state index contributed by atoms with van der Waals surface area (Å²) in [4.78, 5) is 0. The molecule has 0 saturated carbocycles. The number of aliphatic hydroxyl groups is 1. The highest BCUT2D eigenvalue weighted by Crippen LogP contribution is 2.26. The van der Waals surface area contributed by atoms with E-state index in [0.29, 0.717) is 6.61 Å². The van der Waals surface area contributed by atoms with Crippen LogP contribution in [0.15, 0.2) is 42.5 Å². The number of ether oxygens (including phenoxy) is 1. The van der Waals surface area contributed by atoms with Crippen LogP contribution in [0.25, 0.3) is 0 Å². The Labute approximate surface area is 113 Å². The van der Waals surface area contributed by atoms with Crippen molar-refractivity contribution in [2.24, 2.45) is 0 Å². The van der Waals surface area contributed by atoms with Gasteiger partial charge in [-0.1, -0.05) is 24.3 Å². The fourth-order valence-corrected chi connectivity index (χ4v) is 1.97. The molecule has 0 aliphatic heterocycles. The molecule has 100 valence electrons. The van der Waals surface area contributed by atoms with E-state index in [-0.39, 0.29) is 0 Å². The summed E-state index contributed by atoms with van der Waals surface area (Å²) in [6, 6.07) is 13.1. The molecule has 1 atom stereocenters. The van der Waals surface area contributed by atoms with Crippen molar-refractivity contribution in [3.05, 3.63) is 59.2 Å². The van der Waals surface area contributed by atoms with E-state index in [9.17, 15) is 5.11 Å². The van der Waals surface area contributed by atoms with E-state index in [0.717, 1.165) is 28.1 Å². The number of rotatable bonds is 4. The third-order valence-corrected chi connectivity index (χ3v) is 3.12. The van der Waals surface area contributed by atoms with E-state index in [1.54, 1.807) is 0 Å². The minimum absolute atomic E-state index is 0.638. The first-order valence-electron chi connectivity index (χ1n) is 6.38. The third kappa shape index (κ3) is 3.06. The van der Waals surface area contributed by atoms with Crippen LogP contribution in [0.2, 0.25) is 0 Å². The third-order valence-electron chi connectivity index (χ3n) is 3.12. The average molecular weight is 257 g/mol. The molecule has 0 aliphatic rings. The zero-order valence-corrected chi connectivity index (χ0v) is 11.3. The van der Waals surface area contributed by atoms with Crippen molar-refractivity contribution in [1.29, 1.82) is 0 Å². The van der Waals surface area contributed by atoms with Crippen LogP contribution >= 0.6 is 0 Å². The molecule has 1 unspecified atom stereocenters. The van der Waals surface area contributed by atoms with Crippen molar-refractivity contribution in [2.45, 2.75) is 20.0 Å². The number of nitrogens with two attached hydrogens (primary N) is 1. The zero-order valence-electron chi connectivity index (χ0n) is 11.3. The van der Waals surface area contributed by atoms with Crippen molar-refractivity contribution in [2.75, 3.05) is 12.3 Å². The zero-order chi connectivity index (χ0) is 13.8. The summed E-state index contributed by atoms with van der Waals surface area (Å²) in [6.45, 7) is 4.52. The van der Waals surface area contributed by atoms with Gasteiger partial charge in [0, 0.05) is 5.69 Å². The molecule has 3 N–H and O–H groups in total. The first-order valence-corrected chi connectivity index (χ1v) is 6.38. The van der Waals surface area contributed by atoms with Crippen molar-refractivity contribution in [1.82, 2.24) is 0 Å². The van der Waals surface area contributed by atoms with Crippen LogP contribution in [-0.4, -0.2) is 11.7 Å². The maximum Gasteiger partial charge on any atom is 0.119 e. The monoisotopic (exact) mass is 257 g/mol. The van der Waals surface area contributed by atoms with Crippen LogP contribution in [0.1, 0.15) is 29.7 Å². The molecule has 19 heavy (non-hydrogen) atoms. The smallest absolute Gasteiger partial charge is 0.119 e. The summed E-state index contributed by atoms with van der Waals surface area (Å²) in [6.07, 6.45) is -0.644. The lowest BCUT2D eigenvalue weighted by molar-refractivity contribution is 0.220. The molecule has 0 aromatic heterocycles. The van der Waals surface area contributed by atoms with Gasteiger partial charge in [0.2, 0.25) is 0 Å². The van der Waals surface area contributed by atoms with E-state index in [1.165, 1.54) is 0 Å². The summed E-state index contributed by atoms with van der Waals surface area (Å²) in [5.41, 5.74) is 9.18. The Bertz CT molecular complexity index is 549. The molecule has 2 aromatic carbocycles. The number of aryl methyl sites for hydroxylation is 1. The second kappa shape index (κ2) is 5.76. The molecule has 0 heterocycles. The minimum atomic E-state index is -0.644.